The third-order valence-electron chi connectivity index (χ3n) is 3.40. The van der Waals surface area contributed by atoms with Gasteiger partial charge in [0.25, 0.3) is 0 Å². The second kappa shape index (κ2) is 5.89. The maximum absolute atomic E-state index is 10.0. The van der Waals surface area contributed by atoms with E-state index in [9.17, 15) is 5.11 Å². The lowest BCUT2D eigenvalue weighted by molar-refractivity contribution is 0.299. The van der Waals surface area contributed by atoms with Crippen LogP contribution in [0.1, 0.15) is 27.8 Å². The van der Waals surface area contributed by atoms with Crippen molar-refractivity contribution in [3.8, 4) is 5.75 Å². The van der Waals surface area contributed by atoms with Gasteiger partial charge in [0.15, 0.2) is 0 Å². The van der Waals surface area contributed by atoms with Gasteiger partial charge in [0.2, 0.25) is 0 Å². The summed E-state index contributed by atoms with van der Waals surface area (Å²) in [6, 6.07) is 12.1. The Labute approximate surface area is 114 Å². The number of aliphatic hydroxyl groups is 1. The van der Waals surface area contributed by atoms with Crippen molar-refractivity contribution in [3.63, 3.8) is 0 Å². The van der Waals surface area contributed by atoms with Crippen molar-refractivity contribution in [1.29, 1.82) is 0 Å². The normalized spacial score (nSPS) is 10.7. The van der Waals surface area contributed by atoms with Gasteiger partial charge >= 0.3 is 0 Å². The van der Waals surface area contributed by atoms with Crippen molar-refractivity contribution in [1.82, 2.24) is 0 Å². The summed E-state index contributed by atoms with van der Waals surface area (Å²) in [6.07, 6.45) is 1.42. The van der Waals surface area contributed by atoms with E-state index in [2.05, 4.69) is 18.2 Å². The highest BCUT2D eigenvalue weighted by molar-refractivity contribution is 5.44. The van der Waals surface area contributed by atoms with E-state index in [0.717, 1.165) is 28.7 Å². The molecule has 0 saturated heterocycles. The topological polar surface area (TPSA) is 40.5 Å². The molecule has 0 aliphatic heterocycles. The van der Waals surface area contributed by atoms with Crippen LogP contribution in [-0.4, -0.2) is 16.8 Å². The van der Waals surface area contributed by atoms with Crippen LogP contribution in [-0.2, 0) is 12.8 Å². The Bertz CT molecular complexity index is 533. The van der Waals surface area contributed by atoms with Crippen molar-refractivity contribution in [3.05, 3.63) is 64.2 Å². The van der Waals surface area contributed by atoms with Crippen LogP contribution >= 0.6 is 0 Å². The van der Waals surface area contributed by atoms with Gasteiger partial charge in [-0.3, -0.25) is 0 Å². The lowest BCUT2D eigenvalue weighted by atomic mass is 9.97. The number of rotatable bonds is 4. The van der Waals surface area contributed by atoms with Gasteiger partial charge in [-0.1, -0.05) is 30.3 Å². The van der Waals surface area contributed by atoms with Crippen molar-refractivity contribution >= 4 is 0 Å². The van der Waals surface area contributed by atoms with Crippen LogP contribution in [0.5, 0.6) is 5.75 Å². The summed E-state index contributed by atoms with van der Waals surface area (Å²) in [4.78, 5) is 0. The van der Waals surface area contributed by atoms with Crippen LogP contribution in [0, 0.1) is 13.8 Å². The summed E-state index contributed by atoms with van der Waals surface area (Å²) in [5, 5.41) is 18.9. The first-order valence-electron chi connectivity index (χ1n) is 6.58. The number of benzene rings is 2. The molecule has 0 bridgehead atoms. The lowest BCUT2D eigenvalue weighted by Gasteiger charge is -2.10. The van der Waals surface area contributed by atoms with Crippen LogP contribution < -0.4 is 0 Å². The average Bonchev–Trinajstić information content (AvgIpc) is 2.36. The minimum Gasteiger partial charge on any atom is -0.508 e. The fourth-order valence-corrected chi connectivity index (χ4v) is 2.36. The van der Waals surface area contributed by atoms with E-state index in [-0.39, 0.29) is 6.61 Å². The van der Waals surface area contributed by atoms with E-state index in [1.54, 1.807) is 0 Å². The van der Waals surface area contributed by atoms with E-state index < -0.39 is 0 Å². The molecule has 2 rings (SSSR count). The highest BCUT2D eigenvalue weighted by Crippen LogP contribution is 2.25. The molecule has 0 saturated carbocycles. The zero-order valence-corrected chi connectivity index (χ0v) is 11.5. The number of phenolic OH excluding ortho intramolecular Hbond substituents is 1. The van der Waals surface area contributed by atoms with Crippen LogP contribution in [0.25, 0.3) is 0 Å². The molecule has 19 heavy (non-hydrogen) atoms. The average molecular weight is 256 g/mol. The Balaban J connectivity index is 2.21. The maximum Gasteiger partial charge on any atom is 0.119 e. The molecule has 2 aromatic rings. The predicted octanol–water partition coefficient (Wildman–Crippen LogP) is 3.13. The Morgan fingerprint density at radius 2 is 1.58 bits per heavy atom. The molecular weight excluding hydrogens is 236 g/mol. The van der Waals surface area contributed by atoms with Crippen LogP contribution in [0.2, 0.25) is 0 Å². The van der Waals surface area contributed by atoms with Gasteiger partial charge in [0.1, 0.15) is 5.75 Å². The zero-order valence-electron chi connectivity index (χ0n) is 11.5. The standard InChI is InChI=1S/C17H20O2/c1-12-9-13(2)16(17(19)10-12)11-15-5-3-14(4-6-15)7-8-18/h3-6,9-10,18-19H,7-8,11H2,1-2H3. The second-order valence-corrected chi connectivity index (χ2v) is 5.05. The van der Waals surface area contributed by atoms with Gasteiger partial charge in [-0.25, -0.2) is 0 Å². The molecule has 0 heterocycles. The quantitative estimate of drug-likeness (QED) is 0.882. The first-order chi connectivity index (χ1) is 9.10. The minimum absolute atomic E-state index is 0.178. The summed E-state index contributed by atoms with van der Waals surface area (Å²) >= 11 is 0. The lowest BCUT2D eigenvalue weighted by Crippen LogP contribution is -1.95. The Kier molecular flexibility index (Phi) is 4.23. The fraction of sp³-hybridized carbons (Fsp3) is 0.294. The molecule has 2 aromatic carbocycles. The SMILES string of the molecule is Cc1cc(C)c(Cc2ccc(CCO)cc2)c(O)c1. The van der Waals surface area contributed by atoms with Gasteiger partial charge in [-0.15, -0.1) is 0 Å². The first kappa shape index (κ1) is 13.6. The zero-order chi connectivity index (χ0) is 13.8. The highest BCUT2D eigenvalue weighted by atomic mass is 16.3. The monoisotopic (exact) mass is 256 g/mol. The summed E-state index contributed by atoms with van der Waals surface area (Å²) in [5.74, 6) is 0.372. The highest BCUT2D eigenvalue weighted by Gasteiger charge is 2.07. The molecule has 0 aliphatic rings. The molecule has 2 heteroatoms. The molecule has 0 atom stereocenters. The van der Waals surface area contributed by atoms with E-state index >= 15 is 0 Å². The molecule has 0 radical (unpaired) electrons. The van der Waals surface area contributed by atoms with Gasteiger partial charge in [-0.2, -0.15) is 0 Å². The number of hydrogen-bond acceptors (Lipinski definition) is 2. The van der Waals surface area contributed by atoms with Crippen LogP contribution in [0.15, 0.2) is 36.4 Å². The molecule has 0 unspecified atom stereocenters. The van der Waals surface area contributed by atoms with Crippen molar-refractivity contribution < 1.29 is 10.2 Å². The van der Waals surface area contributed by atoms with E-state index in [1.807, 2.05) is 32.0 Å². The molecule has 0 aromatic heterocycles. The number of hydrogen-bond donors (Lipinski definition) is 2. The number of aliphatic hydroxyl groups excluding tert-OH is 1. The molecular formula is C17H20O2. The maximum atomic E-state index is 10.0. The van der Waals surface area contributed by atoms with Gasteiger partial charge < -0.3 is 10.2 Å². The molecule has 0 spiro atoms. The Morgan fingerprint density at radius 3 is 2.16 bits per heavy atom. The molecule has 2 N–H and O–H groups in total. The summed E-state index contributed by atoms with van der Waals surface area (Å²) in [5.41, 5.74) is 5.49. The summed E-state index contributed by atoms with van der Waals surface area (Å²) in [7, 11) is 0. The molecule has 100 valence electrons. The number of phenols is 1. The fourth-order valence-electron chi connectivity index (χ4n) is 2.36. The number of aryl methyl sites for hydroxylation is 2. The molecule has 0 aliphatic carbocycles. The minimum atomic E-state index is 0.178. The first-order valence-corrected chi connectivity index (χ1v) is 6.58. The predicted molar refractivity (Wildman–Crippen MR) is 77.6 cm³/mol. The van der Waals surface area contributed by atoms with E-state index in [0.29, 0.717) is 12.2 Å². The van der Waals surface area contributed by atoms with Crippen molar-refractivity contribution in [2.45, 2.75) is 26.7 Å². The summed E-state index contributed by atoms with van der Waals surface area (Å²) in [6.45, 7) is 4.19. The molecule has 0 fully saturated rings. The van der Waals surface area contributed by atoms with E-state index in [4.69, 9.17) is 5.11 Å². The van der Waals surface area contributed by atoms with Gasteiger partial charge in [0.05, 0.1) is 0 Å². The van der Waals surface area contributed by atoms with Crippen LogP contribution in [0.3, 0.4) is 0 Å². The smallest absolute Gasteiger partial charge is 0.119 e. The van der Waals surface area contributed by atoms with Crippen LogP contribution in [0.4, 0.5) is 0 Å². The van der Waals surface area contributed by atoms with Crippen molar-refractivity contribution in [2.75, 3.05) is 6.61 Å². The molecule has 0 amide bonds. The second-order valence-electron chi connectivity index (χ2n) is 5.05. The van der Waals surface area contributed by atoms with Gasteiger partial charge in [0, 0.05) is 18.6 Å². The van der Waals surface area contributed by atoms with Gasteiger partial charge in [-0.05, 0) is 48.6 Å². The summed E-state index contributed by atoms with van der Waals surface area (Å²) < 4.78 is 0. The Hall–Kier alpha value is -1.80. The van der Waals surface area contributed by atoms with E-state index in [1.165, 1.54) is 5.56 Å². The van der Waals surface area contributed by atoms with Crippen molar-refractivity contribution in [2.24, 2.45) is 0 Å². The molecule has 2 nitrogen and oxygen atoms in total. The Morgan fingerprint density at radius 1 is 0.947 bits per heavy atom. The number of aromatic hydroxyl groups is 1. The third-order valence-corrected chi connectivity index (χ3v) is 3.40. The third kappa shape index (κ3) is 3.36. The largest absolute Gasteiger partial charge is 0.508 e.